The van der Waals surface area contributed by atoms with Gasteiger partial charge in [0.15, 0.2) is 0 Å². The lowest BCUT2D eigenvalue weighted by Crippen LogP contribution is -2.41. The second-order valence-corrected chi connectivity index (χ2v) is 4.61. The summed E-state index contributed by atoms with van der Waals surface area (Å²) in [4.78, 5) is 0. The van der Waals surface area contributed by atoms with Crippen molar-refractivity contribution in [1.82, 2.24) is 5.32 Å². The van der Waals surface area contributed by atoms with Crippen LogP contribution in [-0.2, 0) is 4.74 Å². The van der Waals surface area contributed by atoms with Crippen LogP contribution in [0.3, 0.4) is 0 Å². The zero-order valence-electron chi connectivity index (χ0n) is 8.74. The summed E-state index contributed by atoms with van der Waals surface area (Å²) in [5.74, 6) is 1.26. The first-order chi connectivity index (χ1) is 6.86. The Hall–Kier alpha value is -0.120. The molecule has 0 radical (unpaired) electrons. The molecule has 14 heavy (non-hydrogen) atoms. The van der Waals surface area contributed by atoms with E-state index in [4.69, 9.17) is 4.74 Å². The van der Waals surface area contributed by atoms with Gasteiger partial charge in [0.2, 0.25) is 0 Å². The van der Waals surface area contributed by atoms with Crippen LogP contribution in [0.4, 0.5) is 0 Å². The second kappa shape index (κ2) is 5.10. The van der Waals surface area contributed by atoms with Crippen LogP contribution < -0.4 is 5.32 Å². The van der Waals surface area contributed by atoms with Gasteiger partial charge in [-0.3, -0.25) is 0 Å². The van der Waals surface area contributed by atoms with E-state index in [2.05, 4.69) is 5.32 Å². The van der Waals surface area contributed by atoms with Crippen molar-refractivity contribution in [3.63, 3.8) is 0 Å². The normalized spacial score (nSPS) is 35.8. The van der Waals surface area contributed by atoms with Crippen molar-refractivity contribution in [2.24, 2.45) is 11.8 Å². The molecular formula is C11H21NO2. The van der Waals surface area contributed by atoms with Crippen molar-refractivity contribution in [1.29, 1.82) is 0 Å². The number of hydrogen-bond donors (Lipinski definition) is 2. The Morgan fingerprint density at radius 2 is 2.00 bits per heavy atom. The molecule has 2 aliphatic rings. The largest absolute Gasteiger partial charge is 0.393 e. The number of ether oxygens (including phenoxy) is 1. The van der Waals surface area contributed by atoms with Crippen molar-refractivity contribution in [2.75, 3.05) is 26.3 Å². The van der Waals surface area contributed by atoms with Gasteiger partial charge in [-0.05, 0) is 44.1 Å². The molecule has 0 aromatic carbocycles. The molecule has 2 rings (SSSR count). The van der Waals surface area contributed by atoms with Crippen LogP contribution in [0.5, 0.6) is 0 Å². The van der Waals surface area contributed by atoms with E-state index >= 15 is 0 Å². The zero-order valence-corrected chi connectivity index (χ0v) is 8.74. The summed E-state index contributed by atoms with van der Waals surface area (Å²) < 4.78 is 5.34. The maximum absolute atomic E-state index is 9.83. The third-order valence-electron chi connectivity index (χ3n) is 3.54. The van der Waals surface area contributed by atoms with Gasteiger partial charge in [0.1, 0.15) is 0 Å². The van der Waals surface area contributed by atoms with Crippen LogP contribution in [0.25, 0.3) is 0 Å². The zero-order chi connectivity index (χ0) is 9.80. The maximum atomic E-state index is 9.83. The minimum Gasteiger partial charge on any atom is -0.393 e. The number of aliphatic hydroxyl groups excluding tert-OH is 1. The lowest BCUT2D eigenvalue weighted by Gasteiger charge is -2.32. The minimum absolute atomic E-state index is 0.0703. The monoisotopic (exact) mass is 199 g/mol. The van der Waals surface area contributed by atoms with Gasteiger partial charge in [-0.25, -0.2) is 0 Å². The van der Waals surface area contributed by atoms with E-state index in [1.807, 2.05) is 0 Å². The standard InChI is InChI=1S/C11H21NO2/c13-11-1-4-12-8-10(11)7-9-2-5-14-6-3-9/h9-13H,1-8H2. The number of rotatable bonds is 2. The molecule has 0 aromatic heterocycles. The molecule has 3 heteroatoms. The highest BCUT2D eigenvalue weighted by Crippen LogP contribution is 2.26. The molecule has 2 saturated heterocycles. The molecule has 0 saturated carbocycles. The molecule has 2 N–H and O–H groups in total. The molecule has 2 fully saturated rings. The van der Waals surface area contributed by atoms with E-state index in [1.165, 1.54) is 19.3 Å². The summed E-state index contributed by atoms with van der Waals surface area (Å²) in [6.45, 7) is 3.81. The Bertz CT molecular complexity index is 169. The van der Waals surface area contributed by atoms with Gasteiger partial charge in [0.25, 0.3) is 0 Å². The predicted molar refractivity (Wildman–Crippen MR) is 55.1 cm³/mol. The first-order valence-corrected chi connectivity index (χ1v) is 5.83. The van der Waals surface area contributed by atoms with Crippen molar-refractivity contribution in [3.8, 4) is 0 Å². The van der Waals surface area contributed by atoms with Gasteiger partial charge >= 0.3 is 0 Å². The van der Waals surface area contributed by atoms with Crippen LogP contribution in [-0.4, -0.2) is 37.5 Å². The molecule has 82 valence electrons. The van der Waals surface area contributed by atoms with Crippen LogP contribution in [0, 0.1) is 11.8 Å². The van der Waals surface area contributed by atoms with Crippen molar-refractivity contribution >= 4 is 0 Å². The Morgan fingerprint density at radius 3 is 2.71 bits per heavy atom. The van der Waals surface area contributed by atoms with E-state index in [9.17, 15) is 5.11 Å². The second-order valence-electron chi connectivity index (χ2n) is 4.61. The van der Waals surface area contributed by atoms with Gasteiger partial charge in [-0.15, -0.1) is 0 Å². The van der Waals surface area contributed by atoms with Gasteiger partial charge < -0.3 is 15.2 Å². The van der Waals surface area contributed by atoms with Gasteiger partial charge in [-0.2, -0.15) is 0 Å². The third kappa shape index (κ3) is 2.69. The molecule has 0 amide bonds. The summed E-state index contributed by atoms with van der Waals surface area (Å²) in [6.07, 6.45) is 4.40. The molecule has 2 unspecified atom stereocenters. The summed E-state index contributed by atoms with van der Waals surface area (Å²) >= 11 is 0. The highest BCUT2D eigenvalue weighted by Gasteiger charge is 2.26. The third-order valence-corrected chi connectivity index (χ3v) is 3.54. The molecule has 0 spiro atoms. The average Bonchev–Trinajstić information content (AvgIpc) is 2.23. The van der Waals surface area contributed by atoms with E-state index in [-0.39, 0.29) is 6.10 Å². The molecule has 0 bridgehead atoms. The van der Waals surface area contributed by atoms with Crippen molar-refractivity contribution < 1.29 is 9.84 Å². The summed E-state index contributed by atoms with van der Waals surface area (Å²) in [7, 11) is 0. The molecule has 2 aliphatic heterocycles. The van der Waals surface area contributed by atoms with Crippen molar-refractivity contribution in [2.45, 2.75) is 31.8 Å². The molecule has 2 heterocycles. The number of hydrogen-bond acceptors (Lipinski definition) is 3. The predicted octanol–water partition coefficient (Wildman–Crippen LogP) is 0.773. The Kier molecular flexibility index (Phi) is 3.79. The molecule has 0 aromatic rings. The minimum atomic E-state index is -0.0703. The first kappa shape index (κ1) is 10.4. The fourth-order valence-electron chi connectivity index (χ4n) is 2.56. The summed E-state index contributed by atoms with van der Waals surface area (Å²) in [5, 5.41) is 13.2. The van der Waals surface area contributed by atoms with Crippen LogP contribution >= 0.6 is 0 Å². The Labute approximate surface area is 85.8 Å². The fourth-order valence-corrected chi connectivity index (χ4v) is 2.56. The summed E-state index contributed by atoms with van der Waals surface area (Å²) in [5.41, 5.74) is 0. The highest BCUT2D eigenvalue weighted by atomic mass is 16.5. The van der Waals surface area contributed by atoms with Crippen LogP contribution in [0.1, 0.15) is 25.7 Å². The SMILES string of the molecule is OC1CCNCC1CC1CCOCC1. The maximum Gasteiger partial charge on any atom is 0.0592 e. The number of piperidine rings is 1. The highest BCUT2D eigenvalue weighted by molar-refractivity contribution is 4.80. The van der Waals surface area contributed by atoms with Gasteiger partial charge in [0.05, 0.1) is 6.10 Å². The summed E-state index contributed by atoms with van der Waals surface area (Å²) in [6, 6.07) is 0. The van der Waals surface area contributed by atoms with Crippen LogP contribution in [0.2, 0.25) is 0 Å². The lowest BCUT2D eigenvalue weighted by molar-refractivity contribution is 0.0289. The quantitative estimate of drug-likeness (QED) is 0.690. The molecular weight excluding hydrogens is 178 g/mol. The van der Waals surface area contributed by atoms with Crippen molar-refractivity contribution in [3.05, 3.63) is 0 Å². The number of aliphatic hydroxyl groups is 1. The van der Waals surface area contributed by atoms with Gasteiger partial charge in [0, 0.05) is 19.8 Å². The number of nitrogens with one attached hydrogen (secondary N) is 1. The lowest BCUT2D eigenvalue weighted by atomic mass is 9.84. The van der Waals surface area contributed by atoms with E-state index in [1.54, 1.807) is 0 Å². The Balaban J connectivity index is 1.76. The average molecular weight is 199 g/mol. The van der Waals surface area contributed by atoms with E-state index < -0.39 is 0 Å². The fraction of sp³-hybridized carbons (Fsp3) is 1.00. The van der Waals surface area contributed by atoms with Gasteiger partial charge in [-0.1, -0.05) is 0 Å². The van der Waals surface area contributed by atoms with E-state index in [0.29, 0.717) is 5.92 Å². The first-order valence-electron chi connectivity index (χ1n) is 5.83. The smallest absolute Gasteiger partial charge is 0.0592 e. The topological polar surface area (TPSA) is 41.5 Å². The molecule has 3 nitrogen and oxygen atoms in total. The van der Waals surface area contributed by atoms with E-state index in [0.717, 1.165) is 38.6 Å². The van der Waals surface area contributed by atoms with Crippen LogP contribution in [0.15, 0.2) is 0 Å². The molecule has 0 aliphatic carbocycles. The Morgan fingerprint density at radius 1 is 1.21 bits per heavy atom. The molecule has 2 atom stereocenters.